The van der Waals surface area contributed by atoms with Gasteiger partial charge in [-0.3, -0.25) is 4.79 Å². The van der Waals surface area contributed by atoms with Gasteiger partial charge in [-0.1, -0.05) is 37.5 Å². The number of hydrogen-bond donors (Lipinski definition) is 2. The number of nitrogen functional groups attached to an aromatic ring is 1. The molecule has 2 aromatic rings. The number of anilines is 1. The summed E-state index contributed by atoms with van der Waals surface area (Å²) in [6.45, 7) is 2.06. The SMILES string of the molecule is Cc1cccc2c(N)c(C(=O)NC3CCCCC3)sc12. The van der Waals surface area contributed by atoms with E-state index in [2.05, 4.69) is 18.3 Å². The molecule has 1 saturated carbocycles. The molecular weight excluding hydrogens is 268 g/mol. The molecule has 3 rings (SSSR count). The lowest BCUT2D eigenvalue weighted by Crippen LogP contribution is -2.36. The third-order valence-electron chi connectivity index (χ3n) is 4.10. The van der Waals surface area contributed by atoms with Crippen LogP contribution in [-0.4, -0.2) is 11.9 Å². The van der Waals surface area contributed by atoms with E-state index in [1.807, 2.05) is 12.1 Å². The van der Waals surface area contributed by atoms with E-state index in [0.717, 1.165) is 22.9 Å². The molecule has 1 fully saturated rings. The summed E-state index contributed by atoms with van der Waals surface area (Å²) in [5, 5.41) is 4.15. The van der Waals surface area contributed by atoms with Crippen LogP contribution in [0.25, 0.3) is 10.1 Å². The van der Waals surface area contributed by atoms with Crippen molar-refractivity contribution in [3.05, 3.63) is 28.6 Å². The monoisotopic (exact) mass is 288 g/mol. The lowest BCUT2D eigenvalue weighted by molar-refractivity contribution is 0.0933. The Morgan fingerprint density at radius 1 is 1.30 bits per heavy atom. The maximum atomic E-state index is 12.4. The highest BCUT2D eigenvalue weighted by Crippen LogP contribution is 2.35. The predicted octanol–water partition coefficient (Wildman–Crippen LogP) is 3.85. The molecule has 0 unspecified atom stereocenters. The number of nitrogens with one attached hydrogen (secondary N) is 1. The average molecular weight is 288 g/mol. The number of amides is 1. The summed E-state index contributed by atoms with van der Waals surface area (Å²) >= 11 is 1.51. The second kappa shape index (κ2) is 5.44. The highest BCUT2D eigenvalue weighted by molar-refractivity contribution is 7.21. The highest BCUT2D eigenvalue weighted by atomic mass is 32.1. The third kappa shape index (κ3) is 2.40. The summed E-state index contributed by atoms with van der Waals surface area (Å²) in [4.78, 5) is 13.1. The first-order valence-corrected chi connectivity index (χ1v) is 8.07. The molecule has 0 saturated heterocycles. The quantitative estimate of drug-likeness (QED) is 0.881. The number of rotatable bonds is 2. The van der Waals surface area contributed by atoms with Crippen LogP contribution in [0.1, 0.15) is 47.3 Å². The van der Waals surface area contributed by atoms with E-state index in [9.17, 15) is 4.79 Å². The summed E-state index contributed by atoms with van der Waals surface area (Å²) in [6.07, 6.45) is 5.90. The molecule has 1 aromatic carbocycles. The number of hydrogen-bond acceptors (Lipinski definition) is 3. The van der Waals surface area contributed by atoms with Crippen molar-refractivity contribution < 1.29 is 4.79 Å². The Bertz CT molecular complexity index is 641. The number of carbonyl (C=O) groups is 1. The van der Waals surface area contributed by atoms with Crippen LogP contribution in [0.2, 0.25) is 0 Å². The smallest absolute Gasteiger partial charge is 0.263 e. The first-order chi connectivity index (χ1) is 9.66. The molecule has 1 aliphatic carbocycles. The zero-order valence-corrected chi connectivity index (χ0v) is 12.6. The van der Waals surface area contributed by atoms with Crippen molar-refractivity contribution in [1.82, 2.24) is 5.32 Å². The van der Waals surface area contributed by atoms with Gasteiger partial charge < -0.3 is 11.1 Å². The van der Waals surface area contributed by atoms with E-state index in [1.165, 1.54) is 36.2 Å². The molecule has 0 aliphatic heterocycles. The van der Waals surface area contributed by atoms with Gasteiger partial charge in [-0.25, -0.2) is 0 Å². The van der Waals surface area contributed by atoms with Crippen molar-refractivity contribution in [3.63, 3.8) is 0 Å². The minimum Gasteiger partial charge on any atom is -0.397 e. The first-order valence-electron chi connectivity index (χ1n) is 7.25. The van der Waals surface area contributed by atoms with Crippen LogP contribution in [0.5, 0.6) is 0 Å². The topological polar surface area (TPSA) is 55.1 Å². The van der Waals surface area contributed by atoms with Crippen molar-refractivity contribution in [3.8, 4) is 0 Å². The zero-order chi connectivity index (χ0) is 14.1. The molecule has 0 spiro atoms. The van der Waals surface area contributed by atoms with Gasteiger partial charge in [0.2, 0.25) is 0 Å². The molecular formula is C16H20N2OS. The third-order valence-corrected chi connectivity index (χ3v) is 5.45. The average Bonchev–Trinajstić information content (AvgIpc) is 2.79. The number of thiophene rings is 1. The zero-order valence-electron chi connectivity index (χ0n) is 11.7. The highest BCUT2D eigenvalue weighted by Gasteiger charge is 2.21. The molecule has 1 heterocycles. The van der Waals surface area contributed by atoms with E-state index < -0.39 is 0 Å². The Hall–Kier alpha value is -1.55. The van der Waals surface area contributed by atoms with E-state index in [4.69, 9.17) is 5.73 Å². The van der Waals surface area contributed by atoms with E-state index in [-0.39, 0.29) is 5.91 Å². The summed E-state index contributed by atoms with van der Waals surface area (Å²) in [5.74, 6) is -0.00463. The van der Waals surface area contributed by atoms with Crippen LogP contribution in [-0.2, 0) is 0 Å². The summed E-state index contributed by atoms with van der Waals surface area (Å²) in [6, 6.07) is 6.36. The van der Waals surface area contributed by atoms with Gasteiger partial charge in [0.05, 0.1) is 5.69 Å². The van der Waals surface area contributed by atoms with Crippen molar-refractivity contribution in [2.75, 3.05) is 5.73 Å². The molecule has 1 aliphatic rings. The van der Waals surface area contributed by atoms with Gasteiger partial charge in [0, 0.05) is 16.1 Å². The number of nitrogens with two attached hydrogens (primary N) is 1. The van der Waals surface area contributed by atoms with Crippen LogP contribution in [0.4, 0.5) is 5.69 Å². The Morgan fingerprint density at radius 3 is 2.75 bits per heavy atom. The van der Waals surface area contributed by atoms with Gasteiger partial charge in [-0.05, 0) is 25.3 Å². The second-order valence-electron chi connectivity index (χ2n) is 5.60. The molecule has 1 aromatic heterocycles. The van der Waals surface area contributed by atoms with Gasteiger partial charge in [0.15, 0.2) is 0 Å². The Morgan fingerprint density at radius 2 is 2.05 bits per heavy atom. The van der Waals surface area contributed by atoms with Gasteiger partial charge in [-0.2, -0.15) is 0 Å². The standard InChI is InChI=1S/C16H20N2OS/c1-10-6-5-9-12-13(17)15(20-14(10)12)16(19)18-11-7-3-2-4-8-11/h5-6,9,11H,2-4,7-8,17H2,1H3,(H,18,19). The van der Waals surface area contributed by atoms with Crippen LogP contribution < -0.4 is 11.1 Å². The molecule has 3 N–H and O–H groups in total. The Kier molecular flexibility index (Phi) is 3.66. The number of fused-ring (bicyclic) bond motifs is 1. The number of carbonyl (C=O) groups excluding carboxylic acids is 1. The van der Waals surface area contributed by atoms with E-state index >= 15 is 0 Å². The second-order valence-corrected chi connectivity index (χ2v) is 6.63. The van der Waals surface area contributed by atoms with Crippen molar-refractivity contribution in [2.45, 2.75) is 45.1 Å². The Balaban J connectivity index is 1.87. The molecule has 4 heteroatoms. The van der Waals surface area contributed by atoms with Gasteiger partial charge in [0.1, 0.15) is 4.88 Å². The van der Waals surface area contributed by atoms with E-state index in [0.29, 0.717) is 16.6 Å². The van der Waals surface area contributed by atoms with Crippen molar-refractivity contribution >= 4 is 33.0 Å². The number of benzene rings is 1. The minimum absolute atomic E-state index is 0.00463. The fourth-order valence-corrected chi connectivity index (χ4v) is 4.04. The fraction of sp³-hybridized carbons (Fsp3) is 0.438. The summed E-state index contributed by atoms with van der Waals surface area (Å²) < 4.78 is 1.12. The van der Waals surface area contributed by atoms with Gasteiger partial charge >= 0.3 is 0 Å². The molecule has 20 heavy (non-hydrogen) atoms. The maximum absolute atomic E-state index is 12.4. The van der Waals surface area contributed by atoms with Crippen LogP contribution in [0.3, 0.4) is 0 Å². The van der Waals surface area contributed by atoms with Crippen LogP contribution in [0.15, 0.2) is 18.2 Å². The predicted molar refractivity (Wildman–Crippen MR) is 85.3 cm³/mol. The molecule has 106 valence electrons. The molecule has 0 bridgehead atoms. The largest absolute Gasteiger partial charge is 0.397 e. The minimum atomic E-state index is -0.00463. The first kappa shape index (κ1) is 13.4. The van der Waals surface area contributed by atoms with E-state index in [1.54, 1.807) is 0 Å². The lowest BCUT2D eigenvalue weighted by atomic mass is 9.95. The Labute approximate surface area is 123 Å². The molecule has 0 atom stereocenters. The summed E-state index contributed by atoms with van der Waals surface area (Å²) in [7, 11) is 0. The van der Waals surface area contributed by atoms with Crippen LogP contribution in [0, 0.1) is 6.92 Å². The molecule has 0 radical (unpaired) electrons. The van der Waals surface area contributed by atoms with Gasteiger partial charge in [0.25, 0.3) is 5.91 Å². The lowest BCUT2D eigenvalue weighted by Gasteiger charge is -2.22. The summed E-state index contributed by atoms with van der Waals surface area (Å²) in [5.41, 5.74) is 7.97. The maximum Gasteiger partial charge on any atom is 0.263 e. The molecule has 3 nitrogen and oxygen atoms in total. The van der Waals surface area contributed by atoms with Crippen molar-refractivity contribution in [2.24, 2.45) is 0 Å². The van der Waals surface area contributed by atoms with Crippen LogP contribution >= 0.6 is 11.3 Å². The van der Waals surface area contributed by atoms with Crippen molar-refractivity contribution in [1.29, 1.82) is 0 Å². The molecule has 1 amide bonds. The van der Waals surface area contributed by atoms with Gasteiger partial charge in [-0.15, -0.1) is 11.3 Å². The normalized spacial score (nSPS) is 16.4. The fourth-order valence-electron chi connectivity index (χ4n) is 2.95. The number of aryl methyl sites for hydroxylation is 1.